The van der Waals surface area contributed by atoms with Crippen LogP contribution in [-0.2, 0) is 0 Å². The van der Waals surface area contributed by atoms with Crippen molar-refractivity contribution in [3.8, 4) is 5.75 Å². The van der Waals surface area contributed by atoms with Crippen LogP contribution in [0, 0.1) is 0 Å². The van der Waals surface area contributed by atoms with Crippen molar-refractivity contribution in [2.24, 2.45) is 0 Å². The summed E-state index contributed by atoms with van der Waals surface area (Å²) in [6.07, 6.45) is 1.53. The normalized spacial score (nSPS) is 10.3. The van der Waals surface area contributed by atoms with E-state index in [1.54, 1.807) is 7.11 Å². The summed E-state index contributed by atoms with van der Waals surface area (Å²) in [7, 11) is 1.65. The molecule has 1 aromatic heterocycles. The second kappa shape index (κ2) is 8.89. The third-order valence-corrected chi connectivity index (χ3v) is 4.31. The Kier molecular flexibility index (Phi) is 6.10. The van der Waals surface area contributed by atoms with Crippen molar-refractivity contribution in [3.63, 3.8) is 0 Å². The largest absolute Gasteiger partial charge is 0.495 e. The number of para-hydroxylation sites is 2. The van der Waals surface area contributed by atoms with Crippen molar-refractivity contribution in [1.82, 2.24) is 9.97 Å². The van der Waals surface area contributed by atoms with Crippen molar-refractivity contribution in [3.05, 3.63) is 60.9 Å². The van der Waals surface area contributed by atoms with Crippen LogP contribution in [0.3, 0.4) is 0 Å². The van der Waals surface area contributed by atoms with Gasteiger partial charge in [0.2, 0.25) is 0 Å². The molecule has 1 heterocycles. The topological polar surface area (TPSA) is 62.3 Å². The van der Waals surface area contributed by atoms with Gasteiger partial charge in [0.1, 0.15) is 23.7 Å². The highest BCUT2D eigenvalue weighted by atomic mass is 16.5. The summed E-state index contributed by atoms with van der Waals surface area (Å²) in [6.45, 7) is 6.31. The third-order valence-electron chi connectivity index (χ3n) is 4.31. The van der Waals surface area contributed by atoms with Gasteiger partial charge in [0.25, 0.3) is 0 Å². The molecule has 0 saturated heterocycles. The standard InChI is InChI=1S/C21H25N5O/c1-4-26(5-2)17-12-10-16(11-13-17)24-20-14-21(23-15-22-20)25-18-8-6-7-9-19(18)27-3/h6-15H,4-5H2,1-3H3,(H2,22,23,24,25). The minimum absolute atomic E-state index is 0.691. The molecule has 0 saturated carbocycles. The fraction of sp³-hybridized carbons (Fsp3) is 0.238. The summed E-state index contributed by atoms with van der Waals surface area (Å²) in [6, 6.07) is 17.9. The fourth-order valence-corrected chi connectivity index (χ4v) is 2.87. The van der Waals surface area contributed by atoms with Crippen molar-refractivity contribution < 1.29 is 4.74 Å². The summed E-state index contributed by atoms with van der Waals surface area (Å²) in [5, 5.41) is 6.59. The Morgan fingerprint density at radius 3 is 2.22 bits per heavy atom. The number of rotatable bonds is 8. The maximum absolute atomic E-state index is 5.37. The van der Waals surface area contributed by atoms with E-state index < -0.39 is 0 Å². The molecule has 3 aromatic rings. The molecule has 2 N–H and O–H groups in total. The molecule has 0 atom stereocenters. The lowest BCUT2D eigenvalue weighted by molar-refractivity contribution is 0.417. The summed E-state index contributed by atoms with van der Waals surface area (Å²) in [5.74, 6) is 2.17. The van der Waals surface area contributed by atoms with Gasteiger partial charge in [-0.3, -0.25) is 0 Å². The van der Waals surface area contributed by atoms with Crippen LogP contribution in [-0.4, -0.2) is 30.2 Å². The Balaban J connectivity index is 1.72. The smallest absolute Gasteiger partial charge is 0.142 e. The lowest BCUT2D eigenvalue weighted by Crippen LogP contribution is -2.21. The van der Waals surface area contributed by atoms with E-state index in [1.807, 2.05) is 30.3 Å². The predicted octanol–water partition coefficient (Wildman–Crippen LogP) is 4.82. The zero-order chi connectivity index (χ0) is 19.1. The van der Waals surface area contributed by atoms with Crippen LogP contribution >= 0.6 is 0 Å². The number of ether oxygens (including phenoxy) is 1. The van der Waals surface area contributed by atoms with E-state index in [1.165, 1.54) is 12.0 Å². The average Bonchev–Trinajstić information content (AvgIpc) is 2.71. The van der Waals surface area contributed by atoms with Gasteiger partial charge in [0, 0.05) is 30.5 Å². The zero-order valence-corrected chi connectivity index (χ0v) is 15.9. The Labute approximate surface area is 160 Å². The van der Waals surface area contributed by atoms with E-state index in [4.69, 9.17) is 4.74 Å². The van der Waals surface area contributed by atoms with Gasteiger partial charge in [-0.05, 0) is 50.2 Å². The molecular weight excluding hydrogens is 338 g/mol. The minimum atomic E-state index is 0.691. The SMILES string of the molecule is CCN(CC)c1ccc(Nc2cc(Nc3ccccc3OC)ncn2)cc1. The van der Waals surface area contributed by atoms with E-state index in [0.717, 1.165) is 36.0 Å². The van der Waals surface area contributed by atoms with Crippen molar-refractivity contribution >= 4 is 28.7 Å². The van der Waals surface area contributed by atoms with E-state index in [9.17, 15) is 0 Å². The molecule has 6 nitrogen and oxygen atoms in total. The molecule has 0 aliphatic heterocycles. The Bertz CT molecular complexity index is 862. The fourth-order valence-electron chi connectivity index (χ4n) is 2.87. The highest BCUT2D eigenvalue weighted by Crippen LogP contribution is 2.27. The molecule has 140 valence electrons. The molecular formula is C21H25N5O. The van der Waals surface area contributed by atoms with Gasteiger partial charge in [-0.25, -0.2) is 9.97 Å². The number of methoxy groups -OCH3 is 1. The molecule has 0 aliphatic carbocycles. The van der Waals surface area contributed by atoms with Gasteiger partial charge in [0.15, 0.2) is 0 Å². The molecule has 0 spiro atoms. The van der Waals surface area contributed by atoms with Gasteiger partial charge in [-0.2, -0.15) is 0 Å². The highest BCUT2D eigenvalue weighted by Gasteiger charge is 2.05. The number of benzene rings is 2. The molecule has 6 heteroatoms. The highest BCUT2D eigenvalue weighted by molar-refractivity contribution is 5.67. The Morgan fingerprint density at radius 2 is 1.56 bits per heavy atom. The van der Waals surface area contributed by atoms with E-state index >= 15 is 0 Å². The first-order chi connectivity index (χ1) is 13.2. The first kappa shape index (κ1) is 18.5. The van der Waals surface area contributed by atoms with Gasteiger partial charge < -0.3 is 20.3 Å². The van der Waals surface area contributed by atoms with Crippen LogP contribution in [0.5, 0.6) is 5.75 Å². The zero-order valence-electron chi connectivity index (χ0n) is 15.9. The quantitative estimate of drug-likeness (QED) is 0.598. The summed E-state index contributed by atoms with van der Waals surface area (Å²) in [4.78, 5) is 10.9. The number of nitrogens with zero attached hydrogens (tertiary/aromatic N) is 3. The van der Waals surface area contributed by atoms with Crippen LogP contribution in [0.4, 0.5) is 28.7 Å². The van der Waals surface area contributed by atoms with Crippen LogP contribution in [0.25, 0.3) is 0 Å². The van der Waals surface area contributed by atoms with Crippen LogP contribution in [0.2, 0.25) is 0 Å². The van der Waals surface area contributed by atoms with Crippen LogP contribution < -0.4 is 20.3 Å². The van der Waals surface area contributed by atoms with Crippen molar-refractivity contribution in [1.29, 1.82) is 0 Å². The number of aromatic nitrogens is 2. The molecule has 0 amide bonds. The van der Waals surface area contributed by atoms with Crippen LogP contribution in [0.15, 0.2) is 60.9 Å². The molecule has 0 radical (unpaired) electrons. The number of hydrogen-bond acceptors (Lipinski definition) is 6. The maximum Gasteiger partial charge on any atom is 0.142 e. The maximum atomic E-state index is 5.37. The lowest BCUT2D eigenvalue weighted by Gasteiger charge is -2.21. The lowest BCUT2D eigenvalue weighted by atomic mass is 10.2. The summed E-state index contributed by atoms with van der Waals surface area (Å²) >= 11 is 0. The van der Waals surface area contributed by atoms with E-state index in [-0.39, 0.29) is 0 Å². The van der Waals surface area contributed by atoms with Crippen molar-refractivity contribution in [2.45, 2.75) is 13.8 Å². The molecule has 0 aliphatic rings. The molecule has 2 aromatic carbocycles. The van der Waals surface area contributed by atoms with Gasteiger partial charge in [0.05, 0.1) is 12.8 Å². The van der Waals surface area contributed by atoms with Crippen molar-refractivity contribution in [2.75, 3.05) is 35.7 Å². The molecule has 0 fully saturated rings. The first-order valence-corrected chi connectivity index (χ1v) is 9.07. The second-order valence-electron chi connectivity index (χ2n) is 5.96. The van der Waals surface area contributed by atoms with Crippen LogP contribution in [0.1, 0.15) is 13.8 Å². The Morgan fingerprint density at radius 1 is 0.889 bits per heavy atom. The van der Waals surface area contributed by atoms with Gasteiger partial charge >= 0.3 is 0 Å². The first-order valence-electron chi connectivity index (χ1n) is 9.07. The predicted molar refractivity (Wildman–Crippen MR) is 112 cm³/mol. The second-order valence-corrected chi connectivity index (χ2v) is 5.96. The number of nitrogens with one attached hydrogen (secondary N) is 2. The van der Waals surface area contributed by atoms with Gasteiger partial charge in [-0.15, -0.1) is 0 Å². The molecule has 0 bridgehead atoms. The monoisotopic (exact) mass is 363 g/mol. The number of hydrogen-bond donors (Lipinski definition) is 2. The summed E-state index contributed by atoms with van der Waals surface area (Å²) in [5.41, 5.74) is 3.05. The van der Waals surface area contributed by atoms with E-state index in [0.29, 0.717) is 5.82 Å². The minimum Gasteiger partial charge on any atom is -0.495 e. The molecule has 27 heavy (non-hydrogen) atoms. The third kappa shape index (κ3) is 4.67. The van der Waals surface area contributed by atoms with Gasteiger partial charge in [-0.1, -0.05) is 12.1 Å². The molecule has 0 unspecified atom stereocenters. The average molecular weight is 363 g/mol. The summed E-state index contributed by atoms with van der Waals surface area (Å²) < 4.78 is 5.37. The number of anilines is 5. The van der Waals surface area contributed by atoms with E-state index in [2.05, 4.69) is 63.6 Å². The molecule has 3 rings (SSSR count). The Hall–Kier alpha value is -3.28.